The average Bonchev–Trinajstić information content (AvgIpc) is 2.32. The number of nitro groups is 1. The van der Waals surface area contributed by atoms with Crippen LogP contribution < -0.4 is 4.90 Å². The number of nitrogens with zero attached hydrogens (tertiary/aromatic N) is 2. The molecule has 1 aliphatic heterocycles. The summed E-state index contributed by atoms with van der Waals surface area (Å²) in [6, 6.07) is 4.94. The molecule has 0 aromatic heterocycles. The van der Waals surface area contributed by atoms with E-state index in [1.807, 2.05) is 11.8 Å². The Labute approximate surface area is 115 Å². The summed E-state index contributed by atoms with van der Waals surface area (Å²) in [5, 5.41) is 19.6. The Kier molecular flexibility index (Phi) is 3.63. The number of aliphatic carboxylic acids is 1. The van der Waals surface area contributed by atoms with Crippen molar-refractivity contribution in [3.8, 4) is 0 Å². The van der Waals surface area contributed by atoms with Gasteiger partial charge in [-0.05, 0) is 25.5 Å². The molecule has 0 saturated carbocycles. The van der Waals surface area contributed by atoms with Gasteiger partial charge in [-0.15, -0.1) is 0 Å². The number of ether oxygens (including phenoxy) is 1. The van der Waals surface area contributed by atoms with Crippen LogP contribution in [0.25, 0.3) is 0 Å². The van der Waals surface area contributed by atoms with E-state index >= 15 is 0 Å². The lowest BCUT2D eigenvalue weighted by Crippen LogP contribution is -2.62. The van der Waals surface area contributed by atoms with Crippen LogP contribution in [0, 0.1) is 17.0 Å². The maximum Gasteiger partial charge on any atom is 0.329 e. The first-order valence-electron chi connectivity index (χ1n) is 6.16. The minimum absolute atomic E-state index is 0.0517. The SMILES string of the molecule is Cc1ccc([N+](=O)[O-])c(N2CC(C)(OCC(=O)O)C2)c1. The van der Waals surface area contributed by atoms with Gasteiger partial charge in [-0.1, -0.05) is 6.07 Å². The van der Waals surface area contributed by atoms with E-state index in [0.29, 0.717) is 18.8 Å². The fourth-order valence-corrected chi connectivity index (χ4v) is 2.30. The fraction of sp³-hybridized carbons (Fsp3) is 0.462. The first-order chi connectivity index (χ1) is 9.31. The molecule has 1 aromatic rings. The van der Waals surface area contributed by atoms with Crippen LogP contribution in [0.3, 0.4) is 0 Å². The molecule has 20 heavy (non-hydrogen) atoms. The Balaban J connectivity index is 2.10. The van der Waals surface area contributed by atoms with Gasteiger partial charge >= 0.3 is 5.97 Å². The van der Waals surface area contributed by atoms with Crippen LogP contribution in [0.4, 0.5) is 11.4 Å². The molecule has 0 bridgehead atoms. The first-order valence-corrected chi connectivity index (χ1v) is 6.16. The normalized spacial score (nSPS) is 16.6. The van der Waals surface area contributed by atoms with Crippen LogP contribution in [0.1, 0.15) is 12.5 Å². The summed E-state index contributed by atoms with van der Waals surface area (Å²) in [4.78, 5) is 22.9. The second-order valence-electron chi connectivity index (χ2n) is 5.24. The molecule has 1 saturated heterocycles. The highest BCUT2D eigenvalue weighted by molar-refractivity contribution is 5.68. The smallest absolute Gasteiger partial charge is 0.329 e. The van der Waals surface area contributed by atoms with Crippen molar-refractivity contribution in [3.63, 3.8) is 0 Å². The van der Waals surface area contributed by atoms with Crippen LogP contribution >= 0.6 is 0 Å². The lowest BCUT2D eigenvalue weighted by atomic mass is 9.95. The number of benzene rings is 1. The van der Waals surface area contributed by atoms with E-state index in [1.165, 1.54) is 6.07 Å². The summed E-state index contributed by atoms with van der Waals surface area (Å²) in [7, 11) is 0. The molecule has 1 aliphatic rings. The largest absolute Gasteiger partial charge is 0.480 e. The van der Waals surface area contributed by atoms with Crippen molar-refractivity contribution >= 4 is 17.3 Å². The van der Waals surface area contributed by atoms with Crippen molar-refractivity contribution in [1.29, 1.82) is 0 Å². The first kappa shape index (κ1) is 14.3. The number of hydrogen-bond donors (Lipinski definition) is 1. The average molecular weight is 280 g/mol. The molecule has 7 heteroatoms. The van der Waals surface area contributed by atoms with E-state index in [4.69, 9.17) is 9.84 Å². The number of anilines is 1. The minimum Gasteiger partial charge on any atom is -0.480 e. The van der Waals surface area contributed by atoms with Gasteiger partial charge in [0.1, 0.15) is 17.9 Å². The van der Waals surface area contributed by atoms with Crippen molar-refractivity contribution in [2.75, 3.05) is 24.6 Å². The molecule has 0 spiro atoms. The van der Waals surface area contributed by atoms with E-state index in [-0.39, 0.29) is 12.3 Å². The van der Waals surface area contributed by atoms with Crippen molar-refractivity contribution in [2.24, 2.45) is 0 Å². The van der Waals surface area contributed by atoms with Crippen LogP contribution in [0.15, 0.2) is 18.2 Å². The van der Waals surface area contributed by atoms with E-state index in [0.717, 1.165) is 5.56 Å². The molecule has 108 valence electrons. The van der Waals surface area contributed by atoms with E-state index < -0.39 is 16.5 Å². The van der Waals surface area contributed by atoms with Crippen LogP contribution in [0.5, 0.6) is 0 Å². The quantitative estimate of drug-likeness (QED) is 0.650. The number of aryl methyl sites for hydroxylation is 1. The summed E-state index contributed by atoms with van der Waals surface area (Å²) in [6.45, 7) is 4.18. The molecule has 0 atom stereocenters. The van der Waals surface area contributed by atoms with E-state index in [1.54, 1.807) is 19.1 Å². The maximum atomic E-state index is 11.0. The molecule has 1 heterocycles. The predicted octanol–water partition coefficient (Wildman–Crippen LogP) is 1.58. The molecule has 1 fully saturated rings. The van der Waals surface area contributed by atoms with E-state index in [9.17, 15) is 14.9 Å². The molecule has 7 nitrogen and oxygen atoms in total. The number of rotatable bonds is 5. The Bertz CT molecular complexity index is 552. The third-order valence-electron chi connectivity index (χ3n) is 3.26. The number of carbonyl (C=O) groups is 1. The molecule has 0 aliphatic carbocycles. The highest BCUT2D eigenvalue weighted by atomic mass is 16.6. The van der Waals surface area contributed by atoms with Gasteiger partial charge in [-0.25, -0.2) is 4.79 Å². The van der Waals surface area contributed by atoms with Gasteiger partial charge in [0.2, 0.25) is 0 Å². The zero-order chi connectivity index (χ0) is 14.9. The van der Waals surface area contributed by atoms with Crippen LogP contribution in [-0.2, 0) is 9.53 Å². The molecule has 0 radical (unpaired) electrons. The molecule has 1 aromatic carbocycles. The molecular weight excluding hydrogens is 264 g/mol. The number of carboxylic acid groups (broad SMARTS) is 1. The number of hydrogen-bond acceptors (Lipinski definition) is 5. The Morgan fingerprint density at radius 1 is 1.55 bits per heavy atom. The third kappa shape index (κ3) is 2.88. The summed E-state index contributed by atoms with van der Waals surface area (Å²) in [5.74, 6) is -1.02. The van der Waals surface area contributed by atoms with E-state index in [2.05, 4.69) is 0 Å². The Morgan fingerprint density at radius 2 is 2.20 bits per heavy atom. The highest BCUT2D eigenvalue weighted by Crippen LogP contribution is 2.36. The van der Waals surface area contributed by atoms with Gasteiger partial charge in [-0.3, -0.25) is 10.1 Å². The zero-order valence-electron chi connectivity index (χ0n) is 11.3. The van der Waals surface area contributed by atoms with Gasteiger partial charge in [0.15, 0.2) is 0 Å². The number of carboxylic acids is 1. The monoisotopic (exact) mass is 280 g/mol. The van der Waals surface area contributed by atoms with Crippen LogP contribution in [-0.4, -0.2) is 41.3 Å². The second-order valence-corrected chi connectivity index (χ2v) is 5.24. The minimum atomic E-state index is -1.02. The van der Waals surface area contributed by atoms with Gasteiger partial charge in [-0.2, -0.15) is 0 Å². The summed E-state index contributed by atoms with van der Waals surface area (Å²) in [5.41, 5.74) is 0.962. The zero-order valence-corrected chi connectivity index (χ0v) is 11.3. The molecular formula is C13H16N2O5. The van der Waals surface area contributed by atoms with Gasteiger partial charge in [0.25, 0.3) is 5.69 Å². The van der Waals surface area contributed by atoms with Gasteiger partial charge in [0.05, 0.1) is 4.92 Å². The maximum absolute atomic E-state index is 11.0. The standard InChI is InChI=1S/C13H16N2O5/c1-9-3-4-10(15(18)19)11(5-9)14-7-13(2,8-14)20-6-12(16)17/h3-5H,6-8H2,1-2H3,(H,16,17). The van der Waals surface area contributed by atoms with Crippen molar-refractivity contribution in [1.82, 2.24) is 0 Å². The highest BCUT2D eigenvalue weighted by Gasteiger charge is 2.42. The van der Waals surface area contributed by atoms with Crippen LogP contribution in [0.2, 0.25) is 0 Å². The second kappa shape index (κ2) is 5.09. The number of nitro benzene ring substituents is 1. The van der Waals surface area contributed by atoms with Crippen molar-refractivity contribution in [3.05, 3.63) is 33.9 Å². The lowest BCUT2D eigenvalue weighted by molar-refractivity contribution is -0.384. The molecule has 2 rings (SSSR count). The topological polar surface area (TPSA) is 92.9 Å². The summed E-state index contributed by atoms with van der Waals surface area (Å²) >= 11 is 0. The van der Waals surface area contributed by atoms with Crippen molar-refractivity contribution in [2.45, 2.75) is 19.4 Å². The lowest BCUT2D eigenvalue weighted by Gasteiger charge is -2.48. The van der Waals surface area contributed by atoms with Crippen molar-refractivity contribution < 1.29 is 19.6 Å². The predicted molar refractivity (Wildman–Crippen MR) is 72.0 cm³/mol. The van der Waals surface area contributed by atoms with Gasteiger partial charge in [0, 0.05) is 19.2 Å². The Hall–Kier alpha value is -2.15. The fourth-order valence-electron chi connectivity index (χ4n) is 2.30. The Morgan fingerprint density at radius 3 is 2.75 bits per heavy atom. The molecule has 0 amide bonds. The van der Waals surface area contributed by atoms with Gasteiger partial charge < -0.3 is 14.7 Å². The molecule has 0 unspecified atom stereocenters. The molecule has 1 N–H and O–H groups in total. The summed E-state index contributed by atoms with van der Waals surface area (Å²) in [6.07, 6.45) is 0. The third-order valence-corrected chi connectivity index (χ3v) is 3.26. The summed E-state index contributed by atoms with van der Waals surface area (Å²) < 4.78 is 5.30.